The summed E-state index contributed by atoms with van der Waals surface area (Å²) >= 11 is 0. The molecular weight excluding hydrogens is 308 g/mol. The number of amides is 1. The van der Waals surface area contributed by atoms with Gasteiger partial charge in [0.15, 0.2) is 0 Å². The van der Waals surface area contributed by atoms with Crippen LogP contribution in [0.25, 0.3) is 0 Å². The Kier molecular flexibility index (Phi) is 6.07. The van der Waals surface area contributed by atoms with Crippen LogP contribution in [0.2, 0.25) is 0 Å². The number of carboxylic acids is 1. The monoisotopic (exact) mass is 328 g/mol. The van der Waals surface area contributed by atoms with Crippen molar-refractivity contribution in [1.82, 2.24) is 9.62 Å². The van der Waals surface area contributed by atoms with Crippen molar-refractivity contribution < 1.29 is 23.1 Å². The first-order valence-corrected chi connectivity index (χ1v) is 8.16. The molecular formula is C14H20N2O5S. The molecule has 0 aliphatic carbocycles. The molecule has 0 aliphatic rings. The Hall–Kier alpha value is -1.93. The van der Waals surface area contributed by atoms with Gasteiger partial charge in [-0.1, -0.05) is 12.1 Å². The Balaban J connectivity index is 3.12. The van der Waals surface area contributed by atoms with Crippen LogP contribution in [-0.4, -0.2) is 48.8 Å². The minimum Gasteiger partial charge on any atom is -0.480 e. The molecule has 1 rings (SSSR count). The van der Waals surface area contributed by atoms with E-state index in [4.69, 9.17) is 5.11 Å². The number of hydrogen-bond acceptors (Lipinski definition) is 4. The molecule has 0 saturated carbocycles. The highest BCUT2D eigenvalue weighted by Gasteiger charge is 2.32. The minimum absolute atomic E-state index is 0.0309. The molecule has 8 heteroatoms. The lowest BCUT2D eigenvalue weighted by molar-refractivity contribution is -0.140. The van der Waals surface area contributed by atoms with Gasteiger partial charge in [-0.25, -0.2) is 8.42 Å². The van der Waals surface area contributed by atoms with Gasteiger partial charge in [-0.15, -0.1) is 0 Å². The summed E-state index contributed by atoms with van der Waals surface area (Å²) in [5.74, 6) is -1.56. The third kappa shape index (κ3) is 4.54. The predicted molar refractivity (Wildman–Crippen MR) is 80.9 cm³/mol. The number of carbonyl (C=O) groups is 2. The van der Waals surface area contributed by atoms with Crippen LogP contribution in [0, 0.1) is 6.92 Å². The summed E-state index contributed by atoms with van der Waals surface area (Å²) in [6.07, 6.45) is 0. The van der Waals surface area contributed by atoms with Crippen molar-refractivity contribution in [3.05, 3.63) is 29.8 Å². The molecule has 1 unspecified atom stereocenters. The first-order valence-electron chi connectivity index (χ1n) is 6.72. The fraction of sp³-hybridized carbons (Fsp3) is 0.429. The Morgan fingerprint density at radius 2 is 2.00 bits per heavy atom. The molecule has 1 aromatic rings. The van der Waals surface area contributed by atoms with Crippen LogP contribution >= 0.6 is 0 Å². The van der Waals surface area contributed by atoms with Gasteiger partial charge in [-0.3, -0.25) is 9.59 Å². The van der Waals surface area contributed by atoms with Crippen molar-refractivity contribution in [3.8, 4) is 0 Å². The number of aliphatic carboxylic acids is 1. The Labute approximate surface area is 130 Å². The fourth-order valence-corrected chi connectivity index (χ4v) is 3.59. The van der Waals surface area contributed by atoms with Crippen LogP contribution in [0.15, 0.2) is 29.2 Å². The van der Waals surface area contributed by atoms with Crippen molar-refractivity contribution >= 4 is 21.9 Å². The van der Waals surface area contributed by atoms with Crippen molar-refractivity contribution in [3.63, 3.8) is 0 Å². The smallest absolute Gasteiger partial charge is 0.321 e. The van der Waals surface area contributed by atoms with Crippen molar-refractivity contribution in [2.45, 2.75) is 31.7 Å². The lowest BCUT2D eigenvalue weighted by Gasteiger charge is -2.26. The summed E-state index contributed by atoms with van der Waals surface area (Å²) in [7, 11) is -3.96. The maximum absolute atomic E-state index is 12.7. The number of benzene rings is 1. The average Bonchev–Trinajstić information content (AvgIpc) is 2.42. The van der Waals surface area contributed by atoms with Crippen LogP contribution in [0.1, 0.15) is 19.4 Å². The summed E-state index contributed by atoms with van der Waals surface area (Å²) in [5, 5.41) is 11.6. The van der Waals surface area contributed by atoms with Crippen LogP contribution in [0.4, 0.5) is 0 Å². The van der Waals surface area contributed by atoms with E-state index in [1.807, 2.05) is 0 Å². The number of aryl methyl sites for hydroxylation is 1. The first-order chi connectivity index (χ1) is 10.2. The van der Waals surface area contributed by atoms with E-state index in [0.29, 0.717) is 0 Å². The highest BCUT2D eigenvalue weighted by molar-refractivity contribution is 7.89. The standard InChI is InChI=1S/C14H20N2O5S/c1-10-5-4-6-13(9-10)22(20,21)16(11(2)14(18)19)8-7-15-12(3)17/h4-6,9,11H,7-8H2,1-3H3,(H,15,17)(H,18,19). The zero-order valence-electron chi connectivity index (χ0n) is 12.7. The summed E-state index contributed by atoms with van der Waals surface area (Å²) < 4.78 is 26.2. The molecule has 0 spiro atoms. The van der Waals surface area contributed by atoms with Crippen molar-refractivity contribution in [1.29, 1.82) is 0 Å². The maximum Gasteiger partial charge on any atom is 0.321 e. The number of nitrogens with zero attached hydrogens (tertiary/aromatic N) is 1. The zero-order valence-corrected chi connectivity index (χ0v) is 13.6. The largest absolute Gasteiger partial charge is 0.480 e. The summed E-state index contributed by atoms with van der Waals surface area (Å²) in [5.41, 5.74) is 0.755. The number of carbonyl (C=O) groups excluding carboxylic acids is 1. The van der Waals surface area contributed by atoms with Crippen LogP contribution in [0.3, 0.4) is 0 Å². The zero-order chi connectivity index (χ0) is 16.9. The Morgan fingerprint density at radius 3 is 2.50 bits per heavy atom. The van der Waals surface area contributed by atoms with Gasteiger partial charge in [0.25, 0.3) is 0 Å². The summed E-state index contributed by atoms with van der Waals surface area (Å²) in [6.45, 7) is 4.27. The third-order valence-corrected chi connectivity index (χ3v) is 5.06. The maximum atomic E-state index is 12.7. The molecule has 0 aliphatic heterocycles. The van der Waals surface area contributed by atoms with E-state index in [1.54, 1.807) is 19.1 Å². The van der Waals surface area contributed by atoms with E-state index in [1.165, 1.54) is 26.0 Å². The van der Waals surface area contributed by atoms with E-state index in [0.717, 1.165) is 9.87 Å². The van der Waals surface area contributed by atoms with E-state index >= 15 is 0 Å². The molecule has 22 heavy (non-hydrogen) atoms. The molecule has 122 valence electrons. The van der Waals surface area contributed by atoms with Crippen molar-refractivity contribution in [2.24, 2.45) is 0 Å². The molecule has 0 aromatic heterocycles. The molecule has 1 aromatic carbocycles. The highest BCUT2D eigenvalue weighted by Crippen LogP contribution is 2.19. The second kappa shape index (κ2) is 7.37. The normalized spacial score (nSPS) is 12.9. The van der Waals surface area contributed by atoms with E-state index in [-0.39, 0.29) is 23.9 Å². The van der Waals surface area contributed by atoms with Crippen molar-refractivity contribution in [2.75, 3.05) is 13.1 Å². The van der Waals surface area contributed by atoms with Crippen LogP contribution in [-0.2, 0) is 19.6 Å². The molecule has 0 fully saturated rings. The molecule has 1 atom stereocenters. The molecule has 0 saturated heterocycles. The quantitative estimate of drug-likeness (QED) is 0.762. The fourth-order valence-electron chi connectivity index (χ4n) is 1.90. The Morgan fingerprint density at radius 1 is 1.36 bits per heavy atom. The summed E-state index contributed by atoms with van der Waals surface area (Å²) in [6, 6.07) is 5.01. The molecule has 0 heterocycles. The number of carboxylic acid groups (broad SMARTS) is 1. The molecule has 2 N–H and O–H groups in total. The second-order valence-corrected chi connectivity index (χ2v) is 6.82. The van der Waals surface area contributed by atoms with Crippen LogP contribution in [0.5, 0.6) is 0 Å². The average molecular weight is 328 g/mol. The van der Waals surface area contributed by atoms with Gasteiger partial charge >= 0.3 is 5.97 Å². The number of hydrogen-bond donors (Lipinski definition) is 2. The topological polar surface area (TPSA) is 104 Å². The van der Waals surface area contributed by atoms with Gasteiger partial charge in [-0.05, 0) is 31.5 Å². The van der Waals surface area contributed by atoms with Gasteiger partial charge in [-0.2, -0.15) is 4.31 Å². The predicted octanol–water partition coefficient (Wildman–Crippen LogP) is 0.595. The molecule has 1 amide bonds. The molecule has 0 bridgehead atoms. The van der Waals surface area contributed by atoms with E-state index < -0.39 is 22.0 Å². The van der Waals surface area contributed by atoms with Gasteiger partial charge in [0.05, 0.1) is 4.90 Å². The van der Waals surface area contributed by atoms with Gasteiger partial charge < -0.3 is 10.4 Å². The van der Waals surface area contributed by atoms with Gasteiger partial charge in [0.2, 0.25) is 15.9 Å². The third-order valence-electron chi connectivity index (χ3n) is 3.09. The van der Waals surface area contributed by atoms with E-state index in [9.17, 15) is 18.0 Å². The second-order valence-electron chi connectivity index (χ2n) is 4.93. The Bertz CT molecular complexity index is 657. The number of sulfonamides is 1. The number of rotatable bonds is 7. The van der Waals surface area contributed by atoms with Gasteiger partial charge in [0.1, 0.15) is 6.04 Å². The SMILES string of the molecule is CC(=O)NCCN(C(C)C(=O)O)S(=O)(=O)c1cccc(C)c1. The minimum atomic E-state index is -3.96. The lowest BCUT2D eigenvalue weighted by atomic mass is 10.2. The molecule has 7 nitrogen and oxygen atoms in total. The van der Waals surface area contributed by atoms with E-state index in [2.05, 4.69) is 5.32 Å². The lowest BCUT2D eigenvalue weighted by Crippen LogP contribution is -2.46. The number of nitrogens with one attached hydrogen (secondary N) is 1. The summed E-state index contributed by atoms with van der Waals surface area (Å²) in [4.78, 5) is 22.1. The first kappa shape index (κ1) is 18.1. The van der Waals surface area contributed by atoms with Gasteiger partial charge in [0, 0.05) is 20.0 Å². The highest BCUT2D eigenvalue weighted by atomic mass is 32.2. The van der Waals surface area contributed by atoms with Crippen LogP contribution < -0.4 is 5.32 Å². The molecule has 0 radical (unpaired) electrons.